The molecule has 4 nitrogen and oxygen atoms in total. The van der Waals surface area contributed by atoms with E-state index in [9.17, 15) is 0 Å². The Morgan fingerprint density at radius 3 is 3.00 bits per heavy atom. The minimum Gasteiger partial charge on any atom is -0.383 e. The molecule has 3 heterocycles. The van der Waals surface area contributed by atoms with Crippen LogP contribution in [0.1, 0.15) is 27.7 Å². The quantitative estimate of drug-likeness (QED) is 0.676. The number of hydrogen-bond acceptors (Lipinski definition) is 4. The first-order valence-electron chi connectivity index (χ1n) is 8.67. The molecule has 0 aliphatic carbocycles. The number of benzene rings is 1. The first kappa shape index (κ1) is 16.5. The highest BCUT2D eigenvalue weighted by molar-refractivity contribution is 7.09. The highest BCUT2D eigenvalue weighted by atomic mass is 32.1. The summed E-state index contributed by atoms with van der Waals surface area (Å²) in [6, 6.07) is 13.2. The van der Waals surface area contributed by atoms with Gasteiger partial charge in [0.1, 0.15) is 5.82 Å². The van der Waals surface area contributed by atoms with Gasteiger partial charge in [-0.3, -0.25) is 4.90 Å². The van der Waals surface area contributed by atoms with Crippen molar-refractivity contribution in [3.63, 3.8) is 0 Å². The lowest BCUT2D eigenvalue weighted by Crippen LogP contribution is -2.34. The van der Waals surface area contributed by atoms with Crippen LogP contribution in [0.3, 0.4) is 0 Å². The molecule has 0 saturated carbocycles. The minimum atomic E-state index is 0.303. The molecule has 0 spiro atoms. The van der Waals surface area contributed by atoms with Crippen LogP contribution in [0.5, 0.6) is 0 Å². The van der Waals surface area contributed by atoms with E-state index in [2.05, 4.69) is 57.4 Å². The summed E-state index contributed by atoms with van der Waals surface area (Å²) in [6.45, 7) is 4.55. The van der Waals surface area contributed by atoms with Gasteiger partial charge >= 0.3 is 0 Å². The third kappa shape index (κ3) is 3.54. The number of imidazole rings is 1. The van der Waals surface area contributed by atoms with Gasteiger partial charge in [-0.25, -0.2) is 4.98 Å². The van der Waals surface area contributed by atoms with Crippen molar-refractivity contribution in [1.29, 1.82) is 0 Å². The van der Waals surface area contributed by atoms with Crippen LogP contribution in [-0.2, 0) is 24.4 Å². The largest absolute Gasteiger partial charge is 0.383 e. The number of ether oxygens (including phenoxy) is 1. The zero-order valence-corrected chi connectivity index (χ0v) is 15.3. The predicted octanol–water partition coefficient (Wildman–Crippen LogP) is 3.74. The van der Waals surface area contributed by atoms with Crippen molar-refractivity contribution in [2.24, 2.45) is 0 Å². The van der Waals surface area contributed by atoms with Gasteiger partial charge in [0.05, 0.1) is 12.5 Å². The van der Waals surface area contributed by atoms with E-state index in [-0.39, 0.29) is 0 Å². The summed E-state index contributed by atoms with van der Waals surface area (Å²) in [5, 5.41) is 2.15. The summed E-state index contributed by atoms with van der Waals surface area (Å²) in [7, 11) is 1.75. The van der Waals surface area contributed by atoms with Crippen molar-refractivity contribution in [1.82, 2.24) is 14.5 Å². The number of fused-ring (bicyclic) bond motifs is 1. The standard InChI is InChI=1S/C20H23N3OS/c1-24-11-10-23-9-8-21-20(23)19-15-22(14-17-6-4-12-25-17)13-16-5-2-3-7-18(16)19/h2-9,12,19H,10-11,13-15H2,1H3/t19-/m0/s1. The fourth-order valence-electron chi connectivity index (χ4n) is 3.65. The van der Waals surface area contributed by atoms with Crippen LogP contribution in [0.15, 0.2) is 54.2 Å². The number of methoxy groups -OCH3 is 1. The highest BCUT2D eigenvalue weighted by Gasteiger charge is 2.29. The van der Waals surface area contributed by atoms with E-state index in [1.807, 2.05) is 17.5 Å². The molecule has 25 heavy (non-hydrogen) atoms. The molecule has 0 unspecified atom stereocenters. The molecular formula is C20H23N3OS. The van der Waals surface area contributed by atoms with Gasteiger partial charge in [0.25, 0.3) is 0 Å². The van der Waals surface area contributed by atoms with Crippen LogP contribution >= 0.6 is 11.3 Å². The molecule has 0 N–H and O–H groups in total. The van der Waals surface area contributed by atoms with Gasteiger partial charge in [-0.1, -0.05) is 30.3 Å². The summed E-state index contributed by atoms with van der Waals surface area (Å²) in [5.41, 5.74) is 2.83. The fourth-order valence-corrected chi connectivity index (χ4v) is 4.40. The number of thiophene rings is 1. The Kier molecular flexibility index (Phi) is 4.97. The van der Waals surface area contributed by atoms with Crippen LogP contribution in [0.4, 0.5) is 0 Å². The van der Waals surface area contributed by atoms with E-state index in [4.69, 9.17) is 9.72 Å². The van der Waals surface area contributed by atoms with E-state index in [1.165, 1.54) is 16.0 Å². The van der Waals surface area contributed by atoms with Crippen molar-refractivity contribution < 1.29 is 4.74 Å². The first-order chi connectivity index (χ1) is 12.3. The van der Waals surface area contributed by atoms with Crippen LogP contribution in [0, 0.1) is 0 Å². The summed E-state index contributed by atoms with van der Waals surface area (Å²) in [6.07, 6.45) is 3.97. The van der Waals surface area contributed by atoms with Crippen molar-refractivity contribution in [2.45, 2.75) is 25.6 Å². The molecule has 4 rings (SSSR count). The molecule has 1 aliphatic heterocycles. The monoisotopic (exact) mass is 353 g/mol. The van der Waals surface area contributed by atoms with E-state index in [0.29, 0.717) is 12.5 Å². The molecule has 1 aliphatic rings. The third-order valence-electron chi connectivity index (χ3n) is 4.82. The Morgan fingerprint density at radius 1 is 1.24 bits per heavy atom. The summed E-state index contributed by atoms with van der Waals surface area (Å²) < 4.78 is 7.50. The predicted molar refractivity (Wildman–Crippen MR) is 101 cm³/mol. The molecule has 3 aromatic rings. The van der Waals surface area contributed by atoms with Gasteiger partial charge in [0, 0.05) is 50.6 Å². The van der Waals surface area contributed by atoms with Gasteiger partial charge in [0.15, 0.2) is 0 Å². The molecule has 2 aromatic heterocycles. The zero-order valence-electron chi connectivity index (χ0n) is 14.5. The molecule has 5 heteroatoms. The Bertz CT molecular complexity index is 812. The van der Waals surface area contributed by atoms with Crippen molar-refractivity contribution >= 4 is 11.3 Å². The van der Waals surface area contributed by atoms with E-state index >= 15 is 0 Å². The molecule has 0 amide bonds. The Morgan fingerprint density at radius 2 is 2.16 bits per heavy atom. The maximum atomic E-state index is 5.26. The Hall–Kier alpha value is -1.95. The van der Waals surface area contributed by atoms with E-state index < -0.39 is 0 Å². The van der Waals surface area contributed by atoms with Crippen molar-refractivity contribution in [3.05, 3.63) is 76.0 Å². The van der Waals surface area contributed by atoms with Gasteiger partial charge in [-0.15, -0.1) is 11.3 Å². The van der Waals surface area contributed by atoms with Crippen LogP contribution < -0.4 is 0 Å². The summed E-state index contributed by atoms with van der Waals surface area (Å²) in [4.78, 5) is 8.66. The van der Waals surface area contributed by atoms with E-state index in [1.54, 1.807) is 7.11 Å². The lowest BCUT2D eigenvalue weighted by Gasteiger charge is -2.34. The fraction of sp³-hybridized carbons (Fsp3) is 0.350. The van der Waals surface area contributed by atoms with E-state index in [0.717, 1.165) is 32.0 Å². The highest BCUT2D eigenvalue weighted by Crippen LogP contribution is 2.33. The molecule has 0 saturated heterocycles. The number of rotatable bonds is 6. The second-order valence-electron chi connectivity index (χ2n) is 6.47. The van der Waals surface area contributed by atoms with Crippen LogP contribution in [0.25, 0.3) is 0 Å². The Balaban J connectivity index is 1.64. The molecule has 1 atom stereocenters. The molecule has 0 fully saturated rings. The maximum Gasteiger partial charge on any atom is 0.117 e. The number of nitrogens with zero attached hydrogens (tertiary/aromatic N) is 3. The topological polar surface area (TPSA) is 30.3 Å². The number of hydrogen-bond donors (Lipinski definition) is 0. The van der Waals surface area contributed by atoms with Gasteiger partial charge < -0.3 is 9.30 Å². The van der Waals surface area contributed by atoms with Crippen LogP contribution in [0.2, 0.25) is 0 Å². The maximum absolute atomic E-state index is 5.26. The second kappa shape index (κ2) is 7.52. The summed E-state index contributed by atoms with van der Waals surface area (Å²) >= 11 is 1.83. The average molecular weight is 353 g/mol. The smallest absolute Gasteiger partial charge is 0.117 e. The van der Waals surface area contributed by atoms with Crippen molar-refractivity contribution in [2.75, 3.05) is 20.3 Å². The molecule has 0 radical (unpaired) electrons. The first-order valence-corrected chi connectivity index (χ1v) is 9.55. The zero-order chi connectivity index (χ0) is 17.1. The second-order valence-corrected chi connectivity index (χ2v) is 7.50. The average Bonchev–Trinajstić information content (AvgIpc) is 3.31. The van der Waals surface area contributed by atoms with Crippen LogP contribution in [-0.4, -0.2) is 34.7 Å². The molecular weight excluding hydrogens is 330 g/mol. The number of aromatic nitrogens is 2. The van der Waals surface area contributed by atoms with Crippen molar-refractivity contribution in [3.8, 4) is 0 Å². The van der Waals surface area contributed by atoms with Gasteiger partial charge in [-0.05, 0) is 22.6 Å². The molecule has 0 bridgehead atoms. The normalized spacial score (nSPS) is 17.6. The minimum absolute atomic E-state index is 0.303. The summed E-state index contributed by atoms with van der Waals surface area (Å²) in [5.74, 6) is 1.44. The lowest BCUT2D eigenvalue weighted by molar-refractivity contribution is 0.184. The lowest BCUT2D eigenvalue weighted by atomic mass is 9.89. The third-order valence-corrected chi connectivity index (χ3v) is 5.68. The SMILES string of the molecule is COCCn1ccnc1[C@H]1CN(Cc2cccs2)Cc2ccccc21. The Labute approximate surface area is 152 Å². The molecule has 1 aromatic carbocycles. The van der Waals surface area contributed by atoms with Gasteiger partial charge in [0.2, 0.25) is 0 Å². The van der Waals surface area contributed by atoms with Gasteiger partial charge in [-0.2, -0.15) is 0 Å². The molecule has 130 valence electrons.